The molecule has 132 valence electrons. The molecule has 1 amide bonds. The molecule has 1 aliphatic heterocycles. The molecule has 1 aromatic carbocycles. The minimum atomic E-state index is -0.862. The number of benzene rings is 1. The Labute approximate surface area is 149 Å². The lowest BCUT2D eigenvalue weighted by atomic mass is 9.51. The lowest BCUT2D eigenvalue weighted by molar-refractivity contribution is -0.148. The number of allylic oxidation sites excluding steroid dienone is 2. The maximum atomic E-state index is 13.6. The first-order valence-electron chi connectivity index (χ1n) is 9.62. The normalized spacial score (nSPS) is 40.2. The Morgan fingerprint density at radius 3 is 2.60 bits per heavy atom. The van der Waals surface area contributed by atoms with E-state index in [1.54, 1.807) is 0 Å². The molecule has 1 heterocycles. The van der Waals surface area contributed by atoms with Crippen LogP contribution in [-0.2, 0) is 16.0 Å². The van der Waals surface area contributed by atoms with Gasteiger partial charge in [-0.25, -0.2) is 0 Å². The molecule has 25 heavy (non-hydrogen) atoms. The number of fused-ring (bicyclic) bond motifs is 2. The van der Waals surface area contributed by atoms with E-state index in [0.29, 0.717) is 18.3 Å². The predicted molar refractivity (Wildman–Crippen MR) is 97.8 cm³/mol. The van der Waals surface area contributed by atoms with Crippen molar-refractivity contribution in [3.8, 4) is 0 Å². The number of nitrogens with one attached hydrogen (secondary N) is 1. The van der Waals surface area contributed by atoms with Crippen molar-refractivity contribution in [3.05, 3.63) is 48.0 Å². The number of rotatable bonds is 2. The van der Waals surface area contributed by atoms with Crippen LogP contribution in [0, 0.1) is 29.1 Å². The first-order valence-corrected chi connectivity index (χ1v) is 9.62. The molecule has 3 nitrogen and oxygen atoms in total. The van der Waals surface area contributed by atoms with Gasteiger partial charge in [0.15, 0.2) is 5.78 Å². The predicted octanol–water partition coefficient (Wildman–Crippen LogP) is 3.54. The summed E-state index contributed by atoms with van der Waals surface area (Å²) in [4.78, 5) is 26.8. The van der Waals surface area contributed by atoms with E-state index in [1.807, 2.05) is 30.3 Å². The van der Waals surface area contributed by atoms with Gasteiger partial charge in [-0.3, -0.25) is 9.59 Å². The summed E-state index contributed by atoms with van der Waals surface area (Å²) in [7, 11) is 0. The first kappa shape index (κ1) is 16.6. The molecule has 1 aromatic rings. The van der Waals surface area contributed by atoms with Crippen LogP contribution < -0.4 is 5.32 Å². The van der Waals surface area contributed by atoms with Gasteiger partial charge in [-0.05, 0) is 42.1 Å². The third kappa shape index (κ3) is 2.39. The summed E-state index contributed by atoms with van der Waals surface area (Å²) in [6.07, 6.45) is 8.41. The minimum absolute atomic E-state index is 0.0254. The molecule has 3 heteroatoms. The van der Waals surface area contributed by atoms with Crippen LogP contribution in [0.3, 0.4) is 0 Å². The number of carbonyl (C=O) groups excluding carboxylic acids is 2. The van der Waals surface area contributed by atoms with Gasteiger partial charge >= 0.3 is 0 Å². The molecule has 0 radical (unpaired) electrons. The monoisotopic (exact) mass is 337 g/mol. The topological polar surface area (TPSA) is 46.2 Å². The summed E-state index contributed by atoms with van der Waals surface area (Å²) in [5.74, 6) is 1.000. The zero-order chi connectivity index (χ0) is 17.6. The van der Waals surface area contributed by atoms with Crippen molar-refractivity contribution in [2.24, 2.45) is 29.1 Å². The van der Waals surface area contributed by atoms with E-state index < -0.39 is 11.5 Å². The Balaban J connectivity index is 1.71. The molecular formula is C22H27NO2. The maximum absolute atomic E-state index is 13.6. The second-order valence-corrected chi connectivity index (χ2v) is 8.22. The summed E-state index contributed by atoms with van der Waals surface area (Å²) in [6.45, 7) is 4.28. The van der Waals surface area contributed by atoms with Gasteiger partial charge in [-0.15, -0.1) is 0 Å². The average molecular weight is 337 g/mol. The maximum Gasteiger partial charge on any atom is 0.235 e. The van der Waals surface area contributed by atoms with E-state index in [9.17, 15) is 9.59 Å². The smallest absolute Gasteiger partial charge is 0.235 e. The first-order chi connectivity index (χ1) is 12.0. The molecule has 1 saturated heterocycles. The fraction of sp³-hybridized carbons (Fsp3) is 0.545. The van der Waals surface area contributed by atoms with Crippen molar-refractivity contribution in [1.29, 1.82) is 0 Å². The zero-order valence-electron chi connectivity index (χ0n) is 15.1. The summed E-state index contributed by atoms with van der Waals surface area (Å²) in [5, 5.41) is 3.07. The molecule has 6 atom stereocenters. The lowest BCUT2D eigenvalue weighted by Gasteiger charge is -2.49. The molecule has 1 spiro atoms. The Bertz CT molecular complexity index is 710. The van der Waals surface area contributed by atoms with Crippen molar-refractivity contribution in [2.45, 2.75) is 45.6 Å². The Hall–Kier alpha value is -1.90. The Morgan fingerprint density at radius 2 is 1.84 bits per heavy atom. The van der Waals surface area contributed by atoms with Gasteiger partial charge in [0.25, 0.3) is 0 Å². The Morgan fingerprint density at radius 1 is 1.08 bits per heavy atom. The molecule has 4 rings (SSSR count). The second-order valence-electron chi connectivity index (χ2n) is 8.22. The summed E-state index contributed by atoms with van der Waals surface area (Å²) < 4.78 is 0. The van der Waals surface area contributed by atoms with Crippen LogP contribution in [0.15, 0.2) is 42.5 Å². The molecule has 0 aromatic heterocycles. The highest BCUT2D eigenvalue weighted by Crippen LogP contribution is 2.55. The summed E-state index contributed by atoms with van der Waals surface area (Å²) in [6, 6.07) is 9.61. The summed E-state index contributed by atoms with van der Waals surface area (Å²) in [5.41, 5.74) is 0.240. The minimum Gasteiger partial charge on any atom is -0.345 e. The SMILES string of the molecule is C[C@@H]1CCC[C@H]2C=C[C@@H](C)[C@@]3(C(=O)N[C@@H](Cc4ccccc4)C3=O)[C@@H]12. The van der Waals surface area contributed by atoms with E-state index in [4.69, 9.17) is 0 Å². The average Bonchev–Trinajstić information content (AvgIpc) is 2.84. The fourth-order valence-electron chi connectivity index (χ4n) is 5.71. The quantitative estimate of drug-likeness (QED) is 0.663. The molecule has 1 N–H and O–H groups in total. The van der Waals surface area contributed by atoms with Crippen molar-refractivity contribution in [3.63, 3.8) is 0 Å². The second kappa shape index (κ2) is 6.12. The van der Waals surface area contributed by atoms with E-state index in [0.717, 1.165) is 18.4 Å². The van der Waals surface area contributed by atoms with Crippen molar-refractivity contribution >= 4 is 11.7 Å². The van der Waals surface area contributed by atoms with Gasteiger partial charge in [-0.2, -0.15) is 0 Å². The largest absolute Gasteiger partial charge is 0.345 e. The van der Waals surface area contributed by atoms with Gasteiger partial charge in [0, 0.05) is 0 Å². The van der Waals surface area contributed by atoms with Gasteiger partial charge in [0.2, 0.25) is 5.91 Å². The number of Topliss-reactive ketones (excluding diaryl/α,β-unsaturated/α-hetero) is 1. The summed E-state index contributed by atoms with van der Waals surface area (Å²) >= 11 is 0. The van der Waals surface area contributed by atoms with E-state index in [-0.39, 0.29) is 23.5 Å². The van der Waals surface area contributed by atoms with Crippen LogP contribution in [0.2, 0.25) is 0 Å². The van der Waals surface area contributed by atoms with Crippen LogP contribution in [0.5, 0.6) is 0 Å². The zero-order valence-corrected chi connectivity index (χ0v) is 15.1. The number of hydrogen-bond acceptors (Lipinski definition) is 2. The van der Waals surface area contributed by atoms with Crippen LogP contribution in [0.1, 0.15) is 38.7 Å². The molecule has 3 aliphatic rings. The molecular weight excluding hydrogens is 310 g/mol. The van der Waals surface area contributed by atoms with Crippen molar-refractivity contribution < 1.29 is 9.59 Å². The van der Waals surface area contributed by atoms with Gasteiger partial charge in [0.05, 0.1) is 6.04 Å². The van der Waals surface area contributed by atoms with Gasteiger partial charge < -0.3 is 5.32 Å². The van der Waals surface area contributed by atoms with Gasteiger partial charge in [-0.1, -0.05) is 69.2 Å². The fourth-order valence-corrected chi connectivity index (χ4v) is 5.71. The standard InChI is InChI=1S/C22H27NO2/c1-14-7-6-10-17-12-11-15(2)22(19(14)17)20(24)18(23-21(22)25)13-16-8-4-3-5-9-16/h3-5,8-9,11-12,14-15,17-19H,6-7,10,13H2,1-2H3,(H,23,25)/t14-,15-,17+,18+,19+,22-/m1/s1. The van der Waals surface area contributed by atoms with Crippen LogP contribution in [0.25, 0.3) is 0 Å². The molecule has 2 aliphatic carbocycles. The molecule has 0 unspecified atom stereocenters. The van der Waals surface area contributed by atoms with Crippen LogP contribution in [0.4, 0.5) is 0 Å². The van der Waals surface area contributed by atoms with Crippen LogP contribution >= 0.6 is 0 Å². The van der Waals surface area contributed by atoms with Crippen molar-refractivity contribution in [1.82, 2.24) is 5.32 Å². The van der Waals surface area contributed by atoms with Gasteiger partial charge in [0.1, 0.15) is 5.41 Å². The number of hydrogen-bond donors (Lipinski definition) is 1. The third-order valence-electron chi connectivity index (χ3n) is 6.85. The molecule has 1 saturated carbocycles. The molecule has 0 bridgehead atoms. The highest BCUT2D eigenvalue weighted by atomic mass is 16.2. The van der Waals surface area contributed by atoms with E-state index >= 15 is 0 Å². The molecule has 2 fully saturated rings. The lowest BCUT2D eigenvalue weighted by Crippen LogP contribution is -2.54. The van der Waals surface area contributed by atoms with Crippen molar-refractivity contribution in [2.75, 3.05) is 0 Å². The van der Waals surface area contributed by atoms with E-state index in [2.05, 4.69) is 31.3 Å². The van der Waals surface area contributed by atoms with Crippen LogP contribution in [-0.4, -0.2) is 17.7 Å². The number of amides is 1. The van der Waals surface area contributed by atoms with E-state index in [1.165, 1.54) is 6.42 Å². The highest BCUT2D eigenvalue weighted by molar-refractivity contribution is 6.15. The number of carbonyl (C=O) groups is 2. The Kier molecular flexibility index (Phi) is 4.05. The third-order valence-corrected chi connectivity index (χ3v) is 6.85. The highest BCUT2D eigenvalue weighted by Gasteiger charge is 2.64. The number of ketones is 1.